The first-order valence-electron chi connectivity index (χ1n) is 10.1. The number of rotatable bonds is 6. The van der Waals surface area contributed by atoms with E-state index in [0.29, 0.717) is 0 Å². The number of carbonyl (C=O) groups is 1. The minimum absolute atomic E-state index is 0.0957. The van der Waals surface area contributed by atoms with Gasteiger partial charge in [0.2, 0.25) is 5.91 Å². The highest BCUT2D eigenvalue weighted by molar-refractivity contribution is 7.99. The number of pyridine rings is 1. The van der Waals surface area contributed by atoms with Gasteiger partial charge in [0.05, 0.1) is 17.1 Å². The van der Waals surface area contributed by atoms with Gasteiger partial charge in [0, 0.05) is 38.1 Å². The molecule has 6 heteroatoms. The molecular formula is C22H28N4OS. The number of nitrogens with one attached hydrogen (secondary N) is 1. The number of aryl methyl sites for hydroxylation is 1. The van der Waals surface area contributed by atoms with Crippen LogP contribution < -0.4 is 5.32 Å². The Morgan fingerprint density at radius 3 is 2.61 bits per heavy atom. The van der Waals surface area contributed by atoms with Crippen molar-refractivity contribution in [3.8, 4) is 0 Å². The molecule has 1 unspecified atom stereocenters. The van der Waals surface area contributed by atoms with Crippen molar-refractivity contribution in [1.29, 1.82) is 0 Å². The first-order chi connectivity index (χ1) is 13.8. The molecule has 1 aromatic carbocycles. The number of benzene rings is 1. The lowest BCUT2D eigenvalue weighted by atomic mass is 10.1. The summed E-state index contributed by atoms with van der Waals surface area (Å²) >= 11 is 1.77. The molecule has 0 radical (unpaired) electrons. The van der Waals surface area contributed by atoms with Crippen LogP contribution in [0.4, 0.5) is 0 Å². The van der Waals surface area contributed by atoms with Gasteiger partial charge in [0.25, 0.3) is 0 Å². The van der Waals surface area contributed by atoms with Gasteiger partial charge >= 0.3 is 0 Å². The van der Waals surface area contributed by atoms with E-state index < -0.39 is 0 Å². The summed E-state index contributed by atoms with van der Waals surface area (Å²) in [5, 5.41) is 3.58. The molecule has 0 saturated carbocycles. The Bertz CT molecular complexity index is 750. The van der Waals surface area contributed by atoms with Crippen LogP contribution in [0.3, 0.4) is 0 Å². The number of hydrogen-bond acceptors (Lipinski definition) is 5. The highest BCUT2D eigenvalue weighted by Gasteiger charge is 2.34. The summed E-state index contributed by atoms with van der Waals surface area (Å²) in [6.45, 7) is 4.73. The molecule has 2 atom stereocenters. The van der Waals surface area contributed by atoms with Gasteiger partial charge in [0.1, 0.15) is 0 Å². The van der Waals surface area contributed by atoms with Crippen LogP contribution in [0.1, 0.15) is 23.1 Å². The van der Waals surface area contributed by atoms with E-state index in [0.717, 1.165) is 50.6 Å². The largest absolute Gasteiger partial charge is 0.339 e. The second kappa shape index (κ2) is 9.54. The topological polar surface area (TPSA) is 48.5 Å². The van der Waals surface area contributed by atoms with Gasteiger partial charge in [-0.2, -0.15) is 0 Å². The normalized spacial score (nSPS) is 23.1. The van der Waals surface area contributed by atoms with Gasteiger partial charge in [-0.05, 0) is 37.1 Å². The maximum Gasteiger partial charge on any atom is 0.240 e. The molecule has 0 spiro atoms. The summed E-state index contributed by atoms with van der Waals surface area (Å²) < 4.78 is 0. The molecule has 2 aromatic rings. The Labute approximate surface area is 171 Å². The summed E-state index contributed by atoms with van der Waals surface area (Å²) in [6, 6.07) is 16.5. The van der Waals surface area contributed by atoms with Crippen LogP contribution in [0, 0.1) is 0 Å². The van der Waals surface area contributed by atoms with Gasteiger partial charge in [-0.15, -0.1) is 11.8 Å². The monoisotopic (exact) mass is 396 g/mol. The van der Waals surface area contributed by atoms with Crippen molar-refractivity contribution in [2.24, 2.45) is 0 Å². The van der Waals surface area contributed by atoms with Gasteiger partial charge in [-0.3, -0.25) is 20.0 Å². The molecular weight excluding hydrogens is 368 g/mol. The Kier molecular flexibility index (Phi) is 6.62. The first-order valence-corrected chi connectivity index (χ1v) is 11.2. The third-order valence-corrected chi connectivity index (χ3v) is 6.74. The molecule has 148 valence electrons. The van der Waals surface area contributed by atoms with Crippen LogP contribution in [0.15, 0.2) is 54.7 Å². The molecule has 2 saturated heterocycles. The fourth-order valence-electron chi connectivity index (χ4n) is 3.88. The van der Waals surface area contributed by atoms with Gasteiger partial charge in [0.15, 0.2) is 0 Å². The number of amides is 1. The van der Waals surface area contributed by atoms with E-state index in [-0.39, 0.29) is 17.3 Å². The van der Waals surface area contributed by atoms with Crippen LogP contribution >= 0.6 is 11.8 Å². The lowest BCUT2D eigenvalue weighted by molar-refractivity contribution is -0.134. The number of thioether (sulfide) groups is 1. The predicted octanol–water partition coefficient (Wildman–Crippen LogP) is 2.56. The second-order valence-electron chi connectivity index (χ2n) is 7.44. The lowest BCUT2D eigenvalue weighted by Gasteiger charge is -2.36. The van der Waals surface area contributed by atoms with Crippen molar-refractivity contribution in [3.63, 3.8) is 0 Å². The average molecular weight is 397 g/mol. The standard InChI is InChI=1S/C22H28N4OS/c27-22(20-17-28-21(24-20)19-10-4-5-11-23-19)26-15-13-25(14-16-26)12-6-9-18-7-2-1-3-8-18/h1-5,7-8,10-11,20-21,24H,6,9,12-17H2/t20-,21?/m0/s1. The van der Waals surface area contributed by atoms with E-state index in [1.54, 1.807) is 11.8 Å². The van der Waals surface area contributed by atoms with Crippen LogP contribution in [-0.4, -0.2) is 65.2 Å². The Morgan fingerprint density at radius 1 is 1.07 bits per heavy atom. The Balaban J connectivity index is 1.19. The van der Waals surface area contributed by atoms with Crippen molar-refractivity contribution in [2.45, 2.75) is 24.3 Å². The Morgan fingerprint density at radius 2 is 1.86 bits per heavy atom. The van der Waals surface area contributed by atoms with Crippen LogP contribution in [0.25, 0.3) is 0 Å². The summed E-state index contributed by atoms with van der Waals surface area (Å²) in [4.78, 5) is 21.8. The molecule has 1 aromatic heterocycles. The zero-order chi connectivity index (χ0) is 19.2. The summed E-state index contributed by atoms with van der Waals surface area (Å²) in [5.74, 6) is 1.06. The molecule has 5 nitrogen and oxygen atoms in total. The SMILES string of the molecule is O=C([C@@H]1CSC(c2ccccn2)N1)N1CCN(CCCc2ccccc2)CC1. The van der Waals surface area contributed by atoms with Gasteiger partial charge in [-0.1, -0.05) is 36.4 Å². The molecule has 0 bridgehead atoms. The van der Waals surface area contributed by atoms with Gasteiger partial charge < -0.3 is 4.90 Å². The maximum absolute atomic E-state index is 12.9. The van der Waals surface area contributed by atoms with E-state index >= 15 is 0 Å². The quantitative estimate of drug-likeness (QED) is 0.813. The molecule has 3 heterocycles. The molecule has 4 rings (SSSR count). The molecule has 2 fully saturated rings. The zero-order valence-corrected chi connectivity index (χ0v) is 17.0. The molecule has 0 aliphatic carbocycles. The molecule has 2 aliphatic heterocycles. The predicted molar refractivity (Wildman–Crippen MR) is 114 cm³/mol. The lowest BCUT2D eigenvalue weighted by Crippen LogP contribution is -2.53. The second-order valence-corrected chi connectivity index (χ2v) is 8.58. The number of aromatic nitrogens is 1. The molecule has 2 aliphatic rings. The Hall–Kier alpha value is -1.89. The number of piperazine rings is 1. The van der Waals surface area contributed by atoms with Gasteiger partial charge in [-0.25, -0.2) is 0 Å². The highest BCUT2D eigenvalue weighted by atomic mass is 32.2. The zero-order valence-electron chi connectivity index (χ0n) is 16.2. The maximum atomic E-state index is 12.9. The highest BCUT2D eigenvalue weighted by Crippen LogP contribution is 2.32. The molecule has 1 N–H and O–H groups in total. The van der Waals surface area contributed by atoms with E-state index in [2.05, 4.69) is 45.5 Å². The first kappa shape index (κ1) is 19.4. The fourth-order valence-corrected chi connectivity index (χ4v) is 5.07. The summed E-state index contributed by atoms with van der Waals surface area (Å²) in [7, 11) is 0. The minimum Gasteiger partial charge on any atom is -0.339 e. The molecule has 28 heavy (non-hydrogen) atoms. The third-order valence-electron chi connectivity index (χ3n) is 5.50. The van der Waals surface area contributed by atoms with Crippen LogP contribution in [0.2, 0.25) is 0 Å². The number of nitrogens with zero attached hydrogens (tertiary/aromatic N) is 3. The molecule has 1 amide bonds. The number of hydrogen-bond donors (Lipinski definition) is 1. The fraction of sp³-hybridized carbons (Fsp3) is 0.455. The van der Waals surface area contributed by atoms with Crippen LogP contribution in [0.5, 0.6) is 0 Å². The number of carbonyl (C=O) groups excluding carboxylic acids is 1. The smallest absolute Gasteiger partial charge is 0.240 e. The van der Waals surface area contributed by atoms with Crippen LogP contribution in [-0.2, 0) is 11.2 Å². The van der Waals surface area contributed by atoms with E-state index in [4.69, 9.17) is 0 Å². The van der Waals surface area contributed by atoms with E-state index in [1.807, 2.05) is 29.3 Å². The average Bonchev–Trinajstić information content (AvgIpc) is 3.25. The van der Waals surface area contributed by atoms with Crippen molar-refractivity contribution in [2.75, 3.05) is 38.5 Å². The summed E-state index contributed by atoms with van der Waals surface area (Å²) in [5.41, 5.74) is 2.41. The minimum atomic E-state index is -0.0957. The van der Waals surface area contributed by atoms with Crippen molar-refractivity contribution in [3.05, 3.63) is 66.0 Å². The van der Waals surface area contributed by atoms with Crippen molar-refractivity contribution < 1.29 is 4.79 Å². The summed E-state index contributed by atoms with van der Waals surface area (Å²) in [6.07, 6.45) is 4.10. The van der Waals surface area contributed by atoms with Crippen molar-refractivity contribution in [1.82, 2.24) is 20.1 Å². The van der Waals surface area contributed by atoms with Crippen molar-refractivity contribution >= 4 is 17.7 Å². The van der Waals surface area contributed by atoms with E-state index in [9.17, 15) is 4.79 Å². The third kappa shape index (κ3) is 4.93. The van der Waals surface area contributed by atoms with E-state index in [1.165, 1.54) is 12.0 Å².